The number of fused-ring (bicyclic) bond motifs is 1. The van der Waals surface area contributed by atoms with E-state index in [1.165, 1.54) is 0 Å². The van der Waals surface area contributed by atoms with Gasteiger partial charge in [-0.1, -0.05) is 20.8 Å². The molecule has 0 saturated carbocycles. The molecule has 0 fully saturated rings. The summed E-state index contributed by atoms with van der Waals surface area (Å²) in [6.45, 7) is 12.8. The van der Waals surface area contributed by atoms with Gasteiger partial charge >= 0.3 is 0 Å². The first kappa shape index (κ1) is 31.0. The maximum Gasteiger partial charge on any atom is 0.241 e. The van der Waals surface area contributed by atoms with Crippen LogP contribution in [0.3, 0.4) is 0 Å². The molecule has 0 unspecified atom stereocenters. The molecule has 1 amide bonds. The Morgan fingerprint density at radius 1 is 1.00 bits per heavy atom. The van der Waals surface area contributed by atoms with Gasteiger partial charge in [0.25, 0.3) is 0 Å². The van der Waals surface area contributed by atoms with E-state index in [4.69, 9.17) is 18.9 Å². The first-order valence-corrected chi connectivity index (χ1v) is 17.0. The van der Waals surface area contributed by atoms with Crippen molar-refractivity contribution >= 4 is 36.6 Å². The Kier molecular flexibility index (Phi) is 9.52. The van der Waals surface area contributed by atoms with Gasteiger partial charge in [0.05, 0.1) is 43.3 Å². The van der Waals surface area contributed by atoms with E-state index in [0.29, 0.717) is 23.8 Å². The average molecular weight is 591 g/mol. The molecule has 0 atom stereocenters. The molecule has 0 saturated heterocycles. The zero-order chi connectivity index (χ0) is 30.5. The highest BCUT2D eigenvalue weighted by Crippen LogP contribution is 2.37. The number of amides is 1. The number of hydrogen-bond acceptors (Lipinski definition) is 8. The first-order valence-electron chi connectivity index (χ1n) is 14.1. The Morgan fingerprint density at radius 2 is 1.71 bits per heavy atom. The second-order valence-electron chi connectivity index (χ2n) is 11.7. The van der Waals surface area contributed by atoms with E-state index in [0.717, 1.165) is 40.9 Å². The summed E-state index contributed by atoms with van der Waals surface area (Å²) in [5.74, 6) is 1.30. The van der Waals surface area contributed by atoms with Gasteiger partial charge in [-0.25, -0.2) is 4.98 Å². The van der Waals surface area contributed by atoms with Crippen molar-refractivity contribution in [1.82, 2.24) is 25.1 Å². The van der Waals surface area contributed by atoms with Crippen molar-refractivity contribution < 1.29 is 18.7 Å². The van der Waals surface area contributed by atoms with Crippen molar-refractivity contribution in [3.05, 3.63) is 55.0 Å². The first-order chi connectivity index (χ1) is 19.9. The van der Waals surface area contributed by atoms with E-state index in [2.05, 4.69) is 60.2 Å². The van der Waals surface area contributed by atoms with Gasteiger partial charge in [0.1, 0.15) is 18.0 Å². The number of likely N-dealkylation sites (N-methyl/N-ethyl adjacent to an activating group) is 1. The van der Waals surface area contributed by atoms with Crippen LogP contribution in [0.15, 0.2) is 55.0 Å². The zero-order valence-electron chi connectivity index (χ0n) is 25.9. The van der Waals surface area contributed by atoms with Crippen LogP contribution in [0.2, 0.25) is 18.1 Å². The number of nitrogens with one attached hydrogen (secondary N) is 1. The van der Waals surface area contributed by atoms with Crippen molar-refractivity contribution in [1.29, 1.82) is 0 Å². The summed E-state index contributed by atoms with van der Waals surface area (Å²) in [5.41, 5.74) is 4.91. The number of hydrogen-bond donors (Lipinski definition) is 1. The number of ether oxygens (including phenoxy) is 2. The predicted molar refractivity (Wildman–Crippen MR) is 169 cm³/mol. The summed E-state index contributed by atoms with van der Waals surface area (Å²) in [4.78, 5) is 23.5. The Bertz CT molecular complexity index is 1510. The van der Waals surface area contributed by atoms with Crippen LogP contribution < -0.4 is 19.7 Å². The van der Waals surface area contributed by atoms with Crippen LogP contribution in [0.4, 0.5) is 11.4 Å². The molecule has 2 heterocycles. The molecule has 224 valence electrons. The Hall–Kier alpha value is -3.96. The summed E-state index contributed by atoms with van der Waals surface area (Å²) in [6, 6.07) is 12.0. The number of rotatable bonds is 12. The third kappa shape index (κ3) is 7.26. The maximum atomic E-state index is 11.8. The summed E-state index contributed by atoms with van der Waals surface area (Å²) >= 11 is 0. The van der Waals surface area contributed by atoms with E-state index in [-0.39, 0.29) is 17.5 Å². The number of carbonyl (C=O) groups excluding carboxylic acids is 1. The van der Waals surface area contributed by atoms with Gasteiger partial charge in [0.2, 0.25) is 5.91 Å². The maximum absolute atomic E-state index is 11.8. The predicted octanol–water partition coefficient (Wildman–Crippen LogP) is 5.81. The summed E-state index contributed by atoms with van der Waals surface area (Å²) in [5, 5.41) is 7.06. The minimum absolute atomic E-state index is 0.122. The number of carbonyl (C=O) groups is 1. The normalized spacial score (nSPS) is 11.9. The van der Waals surface area contributed by atoms with Crippen LogP contribution in [0.1, 0.15) is 27.2 Å². The van der Waals surface area contributed by atoms with Gasteiger partial charge in [-0.05, 0) is 42.8 Å². The molecule has 11 heteroatoms. The molecule has 4 rings (SSSR count). The van der Waals surface area contributed by atoms with Gasteiger partial charge in [-0.15, -0.1) is 0 Å². The van der Waals surface area contributed by atoms with Gasteiger partial charge < -0.3 is 24.1 Å². The Morgan fingerprint density at radius 3 is 2.36 bits per heavy atom. The molecule has 0 spiro atoms. The summed E-state index contributed by atoms with van der Waals surface area (Å²) in [7, 11) is 3.05. The van der Waals surface area contributed by atoms with E-state index >= 15 is 0 Å². The Balaban J connectivity index is 1.66. The fourth-order valence-corrected chi connectivity index (χ4v) is 5.33. The van der Waals surface area contributed by atoms with Crippen molar-refractivity contribution in [2.24, 2.45) is 0 Å². The molecule has 0 aliphatic carbocycles. The van der Waals surface area contributed by atoms with Gasteiger partial charge in [-0.2, -0.15) is 5.10 Å². The highest BCUT2D eigenvalue weighted by atomic mass is 28.4. The van der Waals surface area contributed by atoms with Crippen LogP contribution in [0.25, 0.3) is 22.3 Å². The topological polar surface area (TPSA) is 104 Å². The van der Waals surface area contributed by atoms with Gasteiger partial charge in [0, 0.05) is 61.5 Å². The molecule has 2 aromatic heterocycles. The molecular weight excluding hydrogens is 548 g/mol. The molecule has 42 heavy (non-hydrogen) atoms. The summed E-state index contributed by atoms with van der Waals surface area (Å²) < 4.78 is 19.2. The number of aromatic nitrogens is 4. The second-order valence-corrected chi connectivity index (χ2v) is 16.5. The fourth-order valence-electron chi connectivity index (χ4n) is 4.24. The lowest BCUT2D eigenvalue weighted by molar-refractivity contribution is -0.121. The SMILES string of the molecule is CNC(=O)Cn1cc(-c2cnc3ccc(N(CCCO[Si](C)(C)C(C)(C)C)c4cc(OC)cc(OC)c4)cc3n2)cn1. The standard InChI is InChI=1S/C31H42N6O4Si/c1-31(2,3)42(7,8)41-13-9-12-37(24-14-25(39-5)17-26(15-24)40-6)23-10-11-27-28(16-23)35-29(19-33-27)22-18-34-36(20-22)21-30(38)32-4/h10-11,14-20H,9,12-13,21H2,1-8H3,(H,32,38). The highest BCUT2D eigenvalue weighted by Gasteiger charge is 2.36. The number of methoxy groups -OCH3 is 2. The summed E-state index contributed by atoms with van der Waals surface area (Å²) in [6.07, 6.45) is 6.05. The minimum Gasteiger partial charge on any atom is -0.497 e. The van der Waals surface area contributed by atoms with E-state index in [1.54, 1.807) is 44.5 Å². The monoisotopic (exact) mass is 590 g/mol. The van der Waals surface area contributed by atoms with Crippen molar-refractivity contribution in [2.75, 3.05) is 39.3 Å². The quantitative estimate of drug-likeness (QED) is 0.163. The number of anilines is 2. The van der Waals surface area contributed by atoms with Crippen LogP contribution in [-0.2, 0) is 15.8 Å². The molecule has 0 radical (unpaired) electrons. The van der Waals surface area contributed by atoms with Gasteiger partial charge in [-0.3, -0.25) is 14.5 Å². The lowest BCUT2D eigenvalue weighted by Crippen LogP contribution is -2.41. The lowest BCUT2D eigenvalue weighted by atomic mass is 10.1. The molecule has 0 aliphatic heterocycles. The third-order valence-corrected chi connectivity index (χ3v) is 12.3. The van der Waals surface area contributed by atoms with E-state index in [1.807, 2.05) is 30.3 Å². The lowest BCUT2D eigenvalue weighted by Gasteiger charge is -2.36. The van der Waals surface area contributed by atoms with E-state index in [9.17, 15) is 4.79 Å². The minimum atomic E-state index is -1.86. The van der Waals surface area contributed by atoms with Crippen molar-refractivity contribution in [2.45, 2.75) is 51.9 Å². The molecule has 0 bridgehead atoms. The zero-order valence-corrected chi connectivity index (χ0v) is 26.9. The van der Waals surface area contributed by atoms with Crippen molar-refractivity contribution in [3.8, 4) is 22.8 Å². The smallest absolute Gasteiger partial charge is 0.241 e. The van der Waals surface area contributed by atoms with E-state index < -0.39 is 8.32 Å². The number of benzene rings is 2. The van der Waals surface area contributed by atoms with Crippen molar-refractivity contribution in [3.63, 3.8) is 0 Å². The largest absolute Gasteiger partial charge is 0.497 e. The van der Waals surface area contributed by atoms with Crippen LogP contribution in [-0.4, -0.2) is 68.4 Å². The molecule has 4 aromatic rings. The molecule has 2 aromatic carbocycles. The molecule has 1 N–H and O–H groups in total. The molecule has 0 aliphatic rings. The number of nitrogens with zero attached hydrogens (tertiary/aromatic N) is 5. The Labute approximate surface area is 249 Å². The highest BCUT2D eigenvalue weighted by molar-refractivity contribution is 6.74. The average Bonchev–Trinajstić information content (AvgIpc) is 3.43. The molecular formula is C31H42N6O4Si. The fraction of sp³-hybridized carbons (Fsp3) is 0.419. The van der Waals surface area contributed by atoms with Crippen LogP contribution >= 0.6 is 0 Å². The van der Waals surface area contributed by atoms with Crippen LogP contribution in [0.5, 0.6) is 11.5 Å². The van der Waals surface area contributed by atoms with Crippen LogP contribution in [0, 0.1) is 0 Å². The molecule has 10 nitrogen and oxygen atoms in total. The second kappa shape index (κ2) is 12.9. The van der Waals surface area contributed by atoms with Gasteiger partial charge in [0.15, 0.2) is 8.32 Å². The third-order valence-electron chi connectivity index (χ3n) is 7.79.